The van der Waals surface area contributed by atoms with Crippen LogP contribution in [0.3, 0.4) is 0 Å². The standard InChI is InChI=1S/C11H8ClF3N4OS/c12-8-2-1-6(3-7(8)11(13,14)15)18-9(20)4-21-10-16-5-17-19-10/h1-3,5H,4H2,(H,18,20)(H,16,17,19). The van der Waals surface area contributed by atoms with Crippen molar-refractivity contribution in [1.29, 1.82) is 0 Å². The molecule has 21 heavy (non-hydrogen) atoms. The number of hydrogen-bond acceptors (Lipinski definition) is 4. The van der Waals surface area contributed by atoms with E-state index in [2.05, 4.69) is 20.5 Å². The van der Waals surface area contributed by atoms with Crippen LogP contribution in [0.1, 0.15) is 5.56 Å². The van der Waals surface area contributed by atoms with Crippen molar-refractivity contribution in [3.05, 3.63) is 35.1 Å². The zero-order valence-corrected chi connectivity index (χ0v) is 11.8. The van der Waals surface area contributed by atoms with E-state index in [0.29, 0.717) is 5.16 Å². The Morgan fingerprint density at radius 2 is 2.19 bits per heavy atom. The molecule has 112 valence electrons. The summed E-state index contributed by atoms with van der Waals surface area (Å²) in [7, 11) is 0. The van der Waals surface area contributed by atoms with Crippen LogP contribution >= 0.6 is 23.4 Å². The highest BCUT2D eigenvalue weighted by molar-refractivity contribution is 7.99. The van der Waals surface area contributed by atoms with Crippen LogP contribution in [-0.2, 0) is 11.0 Å². The normalized spacial score (nSPS) is 11.4. The number of alkyl halides is 3. The Kier molecular flexibility index (Phi) is 4.73. The molecule has 1 aromatic carbocycles. The van der Waals surface area contributed by atoms with Crippen molar-refractivity contribution < 1.29 is 18.0 Å². The van der Waals surface area contributed by atoms with E-state index in [4.69, 9.17) is 11.6 Å². The molecule has 2 rings (SSSR count). The SMILES string of the molecule is O=C(CSc1ncn[nH]1)Nc1ccc(Cl)c(C(F)(F)F)c1. The Morgan fingerprint density at radius 3 is 2.81 bits per heavy atom. The summed E-state index contributed by atoms with van der Waals surface area (Å²) in [6.45, 7) is 0. The number of rotatable bonds is 4. The maximum atomic E-state index is 12.7. The molecule has 2 N–H and O–H groups in total. The number of benzene rings is 1. The van der Waals surface area contributed by atoms with Crippen LogP contribution in [0.2, 0.25) is 5.02 Å². The molecule has 5 nitrogen and oxygen atoms in total. The maximum Gasteiger partial charge on any atom is 0.417 e. The fourth-order valence-corrected chi connectivity index (χ4v) is 2.22. The average Bonchev–Trinajstić information content (AvgIpc) is 2.90. The number of carbonyl (C=O) groups excluding carboxylic acids is 1. The summed E-state index contributed by atoms with van der Waals surface area (Å²) >= 11 is 6.57. The number of aromatic nitrogens is 3. The van der Waals surface area contributed by atoms with Crippen molar-refractivity contribution in [2.75, 3.05) is 11.1 Å². The lowest BCUT2D eigenvalue weighted by molar-refractivity contribution is -0.137. The lowest BCUT2D eigenvalue weighted by Gasteiger charge is -2.11. The van der Waals surface area contributed by atoms with E-state index < -0.39 is 22.7 Å². The second kappa shape index (κ2) is 6.35. The number of amides is 1. The van der Waals surface area contributed by atoms with Gasteiger partial charge in [-0.3, -0.25) is 9.89 Å². The monoisotopic (exact) mass is 336 g/mol. The number of nitrogens with one attached hydrogen (secondary N) is 2. The predicted molar refractivity (Wildman–Crippen MR) is 72.2 cm³/mol. The molecule has 0 fully saturated rings. The number of anilines is 1. The van der Waals surface area contributed by atoms with E-state index in [-0.39, 0.29) is 11.4 Å². The summed E-state index contributed by atoms with van der Waals surface area (Å²) in [6.07, 6.45) is -3.29. The fraction of sp³-hybridized carbons (Fsp3) is 0.182. The quantitative estimate of drug-likeness (QED) is 0.841. The van der Waals surface area contributed by atoms with Gasteiger partial charge < -0.3 is 5.32 Å². The van der Waals surface area contributed by atoms with E-state index in [0.717, 1.165) is 23.9 Å². The number of nitrogens with zero attached hydrogens (tertiary/aromatic N) is 2. The van der Waals surface area contributed by atoms with Gasteiger partial charge in [-0.1, -0.05) is 23.4 Å². The average molecular weight is 337 g/mol. The molecule has 2 aromatic rings. The van der Waals surface area contributed by atoms with Gasteiger partial charge >= 0.3 is 6.18 Å². The Hall–Kier alpha value is -1.74. The zero-order chi connectivity index (χ0) is 15.5. The molecule has 10 heteroatoms. The minimum atomic E-state index is -4.58. The highest BCUT2D eigenvalue weighted by Crippen LogP contribution is 2.36. The molecule has 0 unspecified atom stereocenters. The van der Waals surface area contributed by atoms with Gasteiger partial charge in [0.2, 0.25) is 5.91 Å². The third kappa shape index (κ3) is 4.36. The molecular formula is C11H8ClF3N4OS. The molecule has 1 aromatic heterocycles. The van der Waals surface area contributed by atoms with Crippen molar-refractivity contribution in [2.24, 2.45) is 0 Å². The van der Waals surface area contributed by atoms with E-state index in [1.54, 1.807) is 0 Å². The summed E-state index contributed by atoms with van der Waals surface area (Å²) in [6, 6.07) is 3.18. The Labute approximate surface area is 126 Å². The van der Waals surface area contributed by atoms with E-state index in [9.17, 15) is 18.0 Å². The first-order valence-electron chi connectivity index (χ1n) is 5.51. The van der Waals surface area contributed by atoms with Gasteiger partial charge in [-0.25, -0.2) is 4.98 Å². The van der Waals surface area contributed by atoms with Gasteiger partial charge in [0.15, 0.2) is 5.16 Å². The molecule has 0 aliphatic heterocycles. The van der Waals surface area contributed by atoms with Crippen molar-refractivity contribution in [3.63, 3.8) is 0 Å². The number of carbonyl (C=O) groups is 1. The summed E-state index contributed by atoms with van der Waals surface area (Å²) < 4.78 is 38.0. The van der Waals surface area contributed by atoms with Gasteiger partial charge in [-0.2, -0.15) is 18.3 Å². The first kappa shape index (κ1) is 15.6. The predicted octanol–water partition coefficient (Wildman–Crippen LogP) is 3.21. The zero-order valence-electron chi connectivity index (χ0n) is 10.2. The maximum absolute atomic E-state index is 12.7. The van der Waals surface area contributed by atoms with Crippen LogP contribution in [0.25, 0.3) is 0 Å². The van der Waals surface area contributed by atoms with E-state index in [1.165, 1.54) is 12.4 Å². The summed E-state index contributed by atoms with van der Waals surface area (Å²) in [5, 5.41) is 8.54. The molecule has 0 atom stereocenters. The first-order chi connectivity index (χ1) is 9.86. The first-order valence-corrected chi connectivity index (χ1v) is 6.87. The van der Waals surface area contributed by atoms with Crippen LogP contribution in [0.15, 0.2) is 29.7 Å². The van der Waals surface area contributed by atoms with Crippen LogP contribution in [0, 0.1) is 0 Å². The number of aromatic amines is 1. The van der Waals surface area contributed by atoms with Crippen molar-refractivity contribution in [1.82, 2.24) is 15.2 Å². The largest absolute Gasteiger partial charge is 0.417 e. The lowest BCUT2D eigenvalue weighted by atomic mass is 10.2. The molecule has 1 heterocycles. The second-order valence-corrected chi connectivity index (χ2v) is 5.19. The van der Waals surface area contributed by atoms with Crippen LogP contribution < -0.4 is 5.32 Å². The number of H-pyrrole nitrogens is 1. The highest BCUT2D eigenvalue weighted by Gasteiger charge is 2.33. The van der Waals surface area contributed by atoms with Crippen LogP contribution in [0.5, 0.6) is 0 Å². The topological polar surface area (TPSA) is 70.7 Å². The Balaban J connectivity index is 2.01. The highest BCUT2D eigenvalue weighted by atomic mass is 35.5. The van der Waals surface area contributed by atoms with E-state index >= 15 is 0 Å². The van der Waals surface area contributed by atoms with Crippen molar-refractivity contribution >= 4 is 35.0 Å². The van der Waals surface area contributed by atoms with Crippen LogP contribution in [-0.4, -0.2) is 26.8 Å². The van der Waals surface area contributed by atoms with E-state index in [1.807, 2.05) is 0 Å². The van der Waals surface area contributed by atoms with Gasteiger partial charge in [0.25, 0.3) is 0 Å². The fourth-order valence-electron chi connectivity index (χ4n) is 1.42. The number of hydrogen-bond donors (Lipinski definition) is 2. The molecule has 0 radical (unpaired) electrons. The van der Waals surface area contributed by atoms with Gasteiger partial charge in [-0.05, 0) is 18.2 Å². The van der Waals surface area contributed by atoms with Crippen LogP contribution in [0.4, 0.5) is 18.9 Å². The van der Waals surface area contributed by atoms with Gasteiger partial charge in [0, 0.05) is 5.69 Å². The summed E-state index contributed by atoms with van der Waals surface area (Å²) in [5.41, 5.74) is -0.972. The lowest BCUT2D eigenvalue weighted by Crippen LogP contribution is -2.15. The van der Waals surface area contributed by atoms with Crippen molar-refractivity contribution in [2.45, 2.75) is 11.3 Å². The molecule has 0 aliphatic rings. The minimum absolute atomic E-state index is 0.0147. The molecule has 1 amide bonds. The third-order valence-corrected chi connectivity index (χ3v) is 3.49. The Bertz CT molecular complexity index is 633. The molecular weight excluding hydrogens is 329 g/mol. The summed E-state index contributed by atoms with van der Waals surface area (Å²) in [5.74, 6) is -0.481. The number of halogens is 4. The van der Waals surface area contributed by atoms with Gasteiger partial charge in [0.1, 0.15) is 6.33 Å². The second-order valence-electron chi connectivity index (χ2n) is 3.82. The smallest absolute Gasteiger partial charge is 0.325 e. The third-order valence-electron chi connectivity index (χ3n) is 2.29. The Morgan fingerprint density at radius 1 is 1.43 bits per heavy atom. The molecule has 0 bridgehead atoms. The van der Waals surface area contributed by atoms with Gasteiger partial charge in [-0.15, -0.1) is 0 Å². The summed E-state index contributed by atoms with van der Waals surface area (Å²) in [4.78, 5) is 15.4. The minimum Gasteiger partial charge on any atom is -0.325 e. The molecule has 0 saturated carbocycles. The van der Waals surface area contributed by atoms with Crippen molar-refractivity contribution in [3.8, 4) is 0 Å². The molecule has 0 saturated heterocycles. The molecule has 0 aliphatic carbocycles. The number of thioether (sulfide) groups is 1. The van der Waals surface area contributed by atoms with Gasteiger partial charge in [0.05, 0.1) is 16.3 Å². The molecule has 0 spiro atoms.